The largest absolute Gasteiger partial charge is 0.385 e. The van der Waals surface area contributed by atoms with Gasteiger partial charge in [0, 0.05) is 18.3 Å². The van der Waals surface area contributed by atoms with Crippen molar-refractivity contribution < 1.29 is 4.39 Å². The fraction of sp³-hybridized carbons (Fsp3) is 0.533. The molecular formula is C15H22FN3. The molecule has 4 heteroatoms. The van der Waals surface area contributed by atoms with Crippen LogP contribution in [0.3, 0.4) is 0 Å². The summed E-state index contributed by atoms with van der Waals surface area (Å²) in [6.45, 7) is 6.20. The van der Waals surface area contributed by atoms with Gasteiger partial charge in [0.1, 0.15) is 5.82 Å². The average molecular weight is 263 g/mol. The van der Waals surface area contributed by atoms with E-state index in [4.69, 9.17) is 5.26 Å². The van der Waals surface area contributed by atoms with Crippen LogP contribution in [0, 0.1) is 17.1 Å². The van der Waals surface area contributed by atoms with Crippen molar-refractivity contribution in [3.8, 4) is 6.07 Å². The van der Waals surface area contributed by atoms with Crippen LogP contribution >= 0.6 is 0 Å². The van der Waals surface area contributed by atoms with Crippen molar-refractivity contribution >= 4 is 5.69 Å². The van der Waals surface area contributed by atoms with E-state index in [1.165, 1.54) is 12.1 Å². The molecule has 1 N–H and O–H groups in total. The number of nitrogens with zero attached hydrogens (tertiary/aromatic N) is 2. The zero-order chi connectivity index (χ0) is 14.3. The number of nitrogens with one attached hydrogen (secondary N) is 1. The molecule has 0 aliphatic heterocycles. The molecular weight excluding hydrogens is 241 g/mol. The first-order chi connectivity index (χ1) is 9.02. The van der Waals surface area contributed by atoms with E-state index in [0.717, 1.165) is 25.9 Å². The first kappa shape index (κ1) is 15.5. The minimum atomic E-state index is -0.374. The van der Waals surface area contributed by atoms with Crippen molar-refractivity contribution in [2.75, 3.05) is 25.5 Å². The lowest BCUT2D eigenvalue weighted by molar-refractivity contribution is 0.269. The third-order valence-corrected chi connectivity index (χ3v) is 3.18. The minimum Gasteiger partial charge on any atom is -0.385 e. The monoisotopic (exact) mass is 263 g/mol. The van der Waals surface area contributed by atoms with Crippen LogP contribution in [0.1, 0.15) is 32.3 Å². The van der Waals surface area contributed by atoms with Gasteiger partial charge in [-0.3, -0.25) is 0 Å². The second-order valence-corrected chi connectivity index (χ2v) is 5.05. The zero-order valence-electron chi connectivity index (χ0n) is 11.9. The van der Waals surface area contributed by atoms with Crippen molar-refractivity contribution in [2.45, 2.75) is 32.7 Å². The summed E-state index contributed by atoms with van der Waals surface area (Å²) in [5, 5.41) is 11.9. The molecule has 0 bridgehead atoms. The summed E-state index contributed by atoms with van der Waals surface area (Å²) in [5.74, 6) is -0.374. The van der Waals surface area contributed by atoms with Gasteiger partial charge in [0.05, 0.1) is 11.6 Å². The highest BCUT2D eigenvalue weighted by molar-refractivity contribution is 5.49. The summed E-state index contributed by atoms with van der Waals surface area (Å²) in [7, 11) is 2.11. The SMILES string of the molecule is CC(C)N(C)CCCCNc1cc(F)cc(C#N)c1. The van der Waals surface area contributed by atoms with Crippen LogP contribution in [-0.4, -0.2) is 31.1 Å². The Labute approximate surface area is 115 Å². The van der Waals surface area contributed by atoms with Gasteiger partial charge in [-0.25, -0.2) is 4.39 Å². The van der Waals surface area contributed by atoms with Gasteiger partial charge in [-0.1, -0.05) is 0 Å². The summed E-state index contributed by atoms with van der Waals surface area (Å²) in [4.78, 5) is 2.30. The predicted molar refractivity (Wildman–Crippen MR) is 76.6 cm³/mol. The molecule has 1 aromatic carbocycles. The molecule has 1 aromatic rings. The zero-order valence-corrected chi connectivity index (χ0v) is 11.9. The third-order valence-electron chi connectivity index (χ3n) is 3.18. The molecule has 1 rings (SSSR count). The first-order valence-electron chi connectivity index (χ1n) is 6.67. The highest BCUT2D eigenvalue weighted by Crippen LogP contribution is 2.13. The Kier molecular flexibility index (Phi) is 6.31. The van der Waals surface area contributed by atoms with Crippen LogP contribution in [-0.2, 0) is 0 Å². The lowest BCUT2D eigenvalue weighted by Crippen LogP contribution is -2.27. The second-order valence-electron chi connectivity index (χ2n) is 5.05. The van der Waals surface area contributed by atoms with Crippen LogP contribution in [0.2, 0.25) is 0 Å². The molecule has 0 aliphatic rings. The number of halogens is 1. The summed E-state index contributed by atoms with van der Waals surface area (Å²) in [6, 6.07) is 6.84. The van der Waals surface area contributed by atoms with E-state index >= 15 is 0 Å². The van der Waals surface area contributed by atoms with Crippen molar-refractivity contribution in [3.63, 3.8) is 0 Å². The minimum absolute atomic E-state index is 0.349. The maximum absolute atomic E-state index is 13.2. The molecule has 0 atom stereocenters. The first-order valence-corrected chi connectivity index (χ1v) is 6.67. The summed E-state index contributed by atoms with van der Waals surface area (Å²) in [6.07, 6.45) is 2.12. The summed E-state index contributed by atoms with van der Waals surface area (Å²) in [5.41, 5.74) is 1.02. The summed E-state index contributed by atoms with van der Waals surface area (Å²) >= 11 is 0. The van der Waals surface area contributed by atoms with Crippen molar-refractivity contribution in [3.05, 3.63) is 29.6 Å². The second kappa shape index (κ2) is 7.75. The Morgan fingerprint density at radius 3 is 2.68 bits per heavy atom. The van der Waals surface area contributed by atoms with Gasteiger partial charge in [0.25, 0.3) is 0 Å². The van der Waals surface area contributed by atoms with Crippen LogP contribution in [0.25, 0.3) is 0 Å². The number of hydrogen-bond acceptors (Lipinski definition) is 3. The van der Waals surface area contributed by atoms with Crippen molar-refractivity contribution in [1.29, 1.82) is 5.26 Å². The quantitative estimate of drug-likeness (QED) is 0.768. The standard InChI is InChI=1S/C15H22FN3/c1-12(2)19(3)7-5-4-6-18-15-9-13(11-17)8-14(16)10-15/h8-10,12,18H,4-7H2,1-3H3. The van der Waals surface area contributed by atoms with Gasteiger partial charge in [-0.15, -0.1) is 0 Å². The summed E-state index contributed by atoms with van der Waals surface area (Å²) < 4.78 is 13.2. The van der Waals surface area contributed by atoms with E-state index in [0.29, 0.717) is 17.3 Å². The maximum Gasteiger partial charge on any atom is 0.126 e. The molecule has 0 heterocycles. The lowest BCUT2D eigenvalue weighted by atomic mass is 10.2. The van der Waals surface area contributed by atoms with E-state index in [1.807, 2.05) is 6.07 Å². The molecule has 104 valence electrons. The highest BCUT2D eigenvalue weighted by atomic mass is 19.1. The molecule has 0 aromatic heterocycles. The number of benzene rings is 1. The molecule has 19 heavy (non-hydrogen) atoms. The normalized spacial score (nSPS) is 10.8. The topological polar surface area (TPSA) is 39.1 Å². The number of unbranched alkanes of at least 4 members (excludes halogenated alkanes) is 1. The Bertz CT molecular complexity index is 438. The van der Waals surface area contributed by atoms with E-state index in [1.54, 1.807) is 6.07 Å². The van der Waals surface area contributed by atoms with E-state index in [9.17, 15) is 4.39 Å². The third kappa shape index (κ3) is 5.71. The Balaban J connectivity index is 2.30. The van der Waals surface area contributed by atoms with Crippen LogP contribution in [0.4, 0.5) is 10.1 Å². The maximum atomic E-state index is 13.2. The molecule has 3 nitrogen and oxygen atoms in total. The fourth-order valence-corrected chi connectivity index (χ4v) is 1.73. The van der Waals surface area contributed by atoms with Gasteiger partial charge >= 0.3 is 0 Å². The van der Waals surface area contributed by atoms with E-state index in [-0.39, 0.29) is 5.82 Å². The van der Waals surface area contributed by atoms with Gasteiger partial charge in [-0.2, -0.15) is 5.26 Å². The molecule has 0 spiro atoms. The number of nitriles is 1. The molecule has 0 amide bonds. The average Bonchev–Trinajstić information content (AvgIpc) is 2.37. The fourth-order valence-electron chi connectivity index (χ4n) is 1.73. The number of hydrogen-bond donors (Lipinski definition) is 1. The van der Waals surface area contributed by atoms with E-state index < -0.39 is 0 Å². The number of rotatable bonds is 7. The number of anilines is 1. The lowest BCUT2D eigenvalue weighted by Gasteiger charge is -2.20. The van der Waals surface area contributed by atoms with Crippen molar-refractivity contribution in [2.24, 2.45) is 0 Å². The van der Waals surface area contributed by atoms with Crippen molar-refractivity contribution in [1.82, 2.24) is 4.90 Å². The van der Waals surface area contributed by atoms with Crippen LogP contribution in [0.15, 0.2) is 18.2 Å². The highest BCUT2D eigenvalue weighted by Gasteiger charge is 2.02. The molecule has 0 radical (unpaired) electrons. The molecule has 0 unspecified atom stereocenters. The Hall–Kier alpha value is -1.60. The van der Waals surface area contributed by atoms with Gasteiger partial charge in [0.2, 0.25) is 0 Å². The molecule has 0 saturated carbocycles. The molecule has 0 saturated heterocycles. The Morgan fingerprint density at radius 1 is 1.32 bits per heavy atom. The Morgan fingerprint density at radius 2 is 2.05 bits per heavy atom. The van der Waals surface area contributed by atoms with Crippen LogP contribution in [0.5, 0.6) is 0 Å². The smallest absolute Gasteiger partial charge is 0.126 e. The van der Waals surface area contributed by atoms with Gasteiger partial charge in [-0.05, 0) is 58.5 Å². The van der Waals surface area contributed by atoms with E-state index in [2.05, 4.69) is 31.1 Å². The van der Waals surface area contributed by atoms with Crippen LogP contribution < -0.4 is 5.32 Å². The molecule has 0 aliphatic carbocycles. The van der Waals surface area contributed by atoms with Gasteiger partial charge in [0.15, 0.2) is 0 Å². The molecule has 0 fully saturated rings. The van der Waals surface area contributed by atoms with Gasteiger partial charge < -0.3 is 10.2 Å². The predicted octanol–water partition coefficient (Wildman–Crippen LogP) is 3.23.